The lowest BCUT2D eigenvalue weighted by Crippen LogP contribution is -2.29. The third kappa shape index (κ3) is 7.01. The van der Waals surface area contributed by atoms with Crippen molar-refractivity contribution in [2.75, 3.05) is 13.1 Å². The lowest BCUT2D eigenvalue weighted by molar-refractivity contribution is 0.0647. The topological polar surface area (TPSA) is 180 Å². The fourth-order valence-corrected chi connectivity index (χ4v) is 5.97. The van der Waals surface area contributed by atoms with Crippen LogP contribution in [0.1, 0.15) is 96.7 Å². The molecule has 5 aromatic carbocycles. The number of amides is 4. The Labute approximate surface area is 317 Å². The highest BCUT2D eigenvalue weighted by molar-refractivity contribution is 6.22. The van der Waals surface area contributed by atoms with Crippen molar-refractivity contribution in [3.05, 3.63) is 154 Å². The van der Waals surface area contributed by atoms with Crippen molar-refractivity contribution in [2.24, 2.45) is 0 Å². The molecule has 0 aliphatic carbocycles. The van der Waals surface area contributed by atoms with E-state index in [0.29, 0.717) is 0 Å². The van der Waals surface area contributed by atoms with Crippen molar-refractivity contribution < 1.29 is 57.3 Å². The van der Waals surface area contributed by atoms with Crippen molar-refractivity contribution in [2.45, 2.75) is 13.8 Å². The van der Waals surface area contributed by atoms with Crippen molar-refractivity contribution in [3.8, 4) is 23.0 Å². The molecule has 0 bridgehead atoms. The number of carbonyl (C=O) groups is 8. The molecule has 278 valence electrons. The predicted octanol–water partition coefficient (Wildman–Crippen LogP) is 5.80. The van der Waals surface area contributed by atoms with Gasteiger partial charge in [-0.05, 0) is 123 Å². The first-order valence-electron chi connectivity index (χ1n) is 17.1. The van der Waals surface area contributed by atoms with E-state index in [-0.39, 0.29) is 80.6 Å². The first kappa shape index (κ1) is 36.6. The van der Waals surface area contributed by atoms with Crippen molar-refractivity contribution >= 4 is 47.5 Å². The van der Waals surface area contributed by atoms with E-state index in [2.05, 4.69) is 0 Å². The van der Waals surface area contributed by atoms with Crippen molar-refractivity contribution in [1.82, 2.24) is 9.80 Å². The van der Waals surface area contributed by atoms with Gasteiger partial charge in [-0.3, -0.25) is 29.0 Å². The number of carbonyl (C=O) groups excluding carboxylic acids is 8. The summed E-state index contributed by atoms with van der Waals surface area (Å²) in [6.45, 7) is 3.77. The summed E-state index contributed by atoms with van der Waals surface area (Å²) < 4.78 is 21.6. The number of ether oxygens (including phenoxy) is 4. The minimum absolute atomic E-state index is 0.0780. The SMILES string of the molecule is CCN1C(=O)c2ccc(C(=O)Oc3ccc(C(=O)Oc4ccc(OC(=O)c5ccc(OC(=O)c6ccc7c(c6)C(=O)N(CC)C7=O)cc5)cc4)cc3)cc2C1=O. The lowest BCUT2D eigenvalue weighted by Gasteiger charge is -2.09. The second-order valence-electron chi connectivity index (χ2n) is 12.3. The molecular formula is C42H28N2O12. The first-order chi connectivity index (χ1) is 26.9. The molecule has 56 heavy (non-hydrogen) atoms. The summed E-state index contributed by atoms with van der Waals surface area (Å²) in [5.41, 5.74) is 1.15. The molecule has 0 spiro atoms. The van der Waals surface area contributed by atoms with Gasteiger partial charge in [0.25, 0.3) is 23.6 Å². The third-order valence-corrected chi connectivity index (χ3v) is 8.89. The van der Waals surface area contributed by atoms with Crippen LogP contribution in [0.5, 0.6) is 23.0 Å². The second kappa shape index (κ2) is 14.9. The van der Waals surface area contributed by atoms with Crippen LogP contribution in [0.4, 0.5) is 0 Å². The molecule has 7 rings (SSSR count). The fourth-order valence-electron chi connectivity index (χ4n) is 5.97. The summed E-state index contributed by atoms with van der Waals surface area (Å²) in [6.07, 6.45) is 0. The number of imide groups is 2. The maximum Gasteiger partial charge on any atom is 0.343 e. The van der Waals surface area contributed by atoms with E-state index in [1.165, 1.54) is 109 Å². The zero-order chi connectivity index (χ0) is 39.7. The van der Waals surface area contributed by atoms with Gasteiger partial charge in [0, 0.05) is 13.1 Å². The second-order valence-corrected chi connectivity index (χ2v) is 12.3. The minimum atomic E-state index is -0.756. The molecule has 0 fully saturated rings. The van der Waals surface area contributed by atoms with Gasteiger partial charge in [0.15, 0.2) is 0 Å². The highest BCUT2D eigenvalue weighted by Gasteiger charge is 2.36. The van der Waals surface area contributed by atoms with Crippen LogP contribution >= 0.6 is 0 Å². The summed E-state index contributed by atoms with van der Waals surface area (Å²) in [6, 6.07) is 25.2. The Morgan fingerprint density at radius 1 is 0.375 bits per heavy atom. The number of rotatable bonds is 10. The molecule has 0 unspecified atom stereocenters. The molecule has 0 atom stereocenters. The summed E-state index contributed by atoms with van der Waals surface area (Å²) in [7, 11) is 0. The number of hydrogen-bond acceptors (Lipinski definition) is 12. The molecule has 0 radical (unpaired) electrons. The van der Waals surface area contributed by atoms with E-state index < -0.39 is 47.5 Å². The van der Waals surface area contributed by atoms with Gasteiger partial charge in [0.05, 0.1) is 44.5 Å². The van der Waals surface area contributed by atoms with E-state index in [9.17, 15) is 38.4 Å². The monoisotopic (exact) mass is 752 g/mol. The maximum absolute atomic E-state index is 12.8. The molecule has 14 heteroatoms. The third-order valence-electron chi connectivity index (χ3n) is 8.89. The fraction of sp³-hybridized carbons (Fsp3) is 0.0952. The van der Waals surface area contributed by atoms with Gasteiger partial charge in [0.2, 0.25) is 0 Å². The standard InChI is InChI=1S/C42H28N2O12/c1-3-43-35(45)31-19-9-25(21-33(31)37(43)47)41(51)55-27-11-5-23(6-12-27)39(49)53-29-15-17-30(18-16-29)54-40(50)24-7-13-28(14-8-24)56-42(52)26-10-20-32-34(22-26)38(48)44(4-2)36(32)46/h5-22H,3-4H2,1-2H3. The van der Waals surface area contributed by atoms with Crippen molar-refractivity contribution in [3.63, 3.8) is 0 Å². The van der Waals surface area contributed by atoms with Gasteiger partial charge in [-0.1, -0.05) is 0 Å². The Morgan fingerprint density at radius 3 is 0.929 bits per heavy atom. The molecule has 2 heterocycles. The van der Waals surface area contributed by atoms with Gasteiger partial charge >= 0.3 is 23.9 Å². The molecule has 2 aliphatic heterocycles. The molecule has 5 aromatic rings. The Kier molecular flexibility index (Phi) is 9.77. The van der Waals surface area contributed by atoms with Crippen LogP contribution in [-0.4, -0.2) is 70.4 Å². The quantitative estimate of drug-likeness (QED) is 0.0953. The number of benzene rings is 5. The van der Waals surface area contributed by atoms with Crippen LogP contribution in [0.25, 0.3) is 0 Å². The largest absolute Gasteiger partial charge is 0.423 e. The number of esters is 4. The molecule has 0 saturated heterocycles. The van der Waals surface area contributed by atoms with Crippen LogP contribution in [0.3, 0.4) is 0 Å². The lowest BCUT2D eigenvalue weighted by atomic mass is 10.1. The van der Waals surface area contributed by atoms with Crippen LogP contribution in [0, 0.1) is 0 Å². The average molecular weight is 753 g/mol. The van der Waals surface area contributed by atoms with Crippen molar-refractivity contribution in [1.29, 1.82) is 0 Å². The summed E-state index contributed by atoms with van der Waals surface area (Å²) in [5, 5.41) is 0. The van der Waals surface area contributed by atoms with Gasteiger partial charge in [-0.2, -0.15) is 0 Å². The Balaban J connectivity index is 0.898. The molecule has 4 amide bonds. The maximum atomic E-state index is 12.8. The summed E-state index contributed by atoms with van der Waals surface area (Å²) >= 11 is 0. The van der Waals surface area contributed by atoms with Gasteiger partial charge < -0.3 is 18.9 Å². The number of fused-ring (bicyclic) bond motifs is 2. The molecular weight excluding hydrogens is 724 g/mol. The van der Waals surface area contributed by atoms with E-state index in [1.54, 1.807) is 13.8 Å². The predicted molar refractivity (Wildman–Crippen MR) is 194 cm³/mol. The molecule has 0 saturated carbocycles. The highest BCUT2D eigenvalue weighted by atomic mass is 16.5. The average Bonchev–Trinajstić information content (AvgIpc) is 3.60. The van der Waals surface area contributed by atoms with Crippen LogP contribution < -0.4 is 18.9 Å². The van der Waals surface area contributed by atoms with Crippen LogP contribution in [0.15, 0.2) is 109 Å². The van der Waals surface area contributed by atoms with Gasteiger partial charge in [0.1, 0.15) is 23.0 Å². The zero-order valence-corrected chi connectivity index (χ0v) is 29.6. The molecule has 0 N–H and O–H groups in total. The Hall–Kier alpha value is -7.74. The Morgan fingerprint density at radius 2 is 0.625 bits per heavy atom. The van der Waals surface area contributed by atoms with E-state index in [4.69, 9.17) is 18.9 Å². The van der Waals surface area contributed by atoms with E-state index >= 15 is 0 Å². The highest BCUT2D eigenvalue weighted by Crippen LogP contribution is 2.27. The molecule has 14 nitrogen and oxygen atoms in total. The normalized spacial score (nSPS) is 13.0. The molecule has 2 aliphatic rings. The smallest absolute Gasteiger partial charge is 0.343 e. The molecule has 0 aromatic heterocycles. The van der Waals surface area contributed by atoms with E-state index in [0.717, 1.165) is 9.80 Å². The van der Waals surface area contributed by atoms with E-state index in [1.807, 2.05) is 0 Å². The first-order valence-corrected chi connectivity index (χ1v) is 17.1. The van der Waals surface area contributed by atoms with Gasteiger partial charge in [-0.25, -0.2) is 19.2 Å². The van der Waals surface area contributed by atoms with Gasteiger partial charge in [-0.15, -0.1) is 0 Å². The minimum Gasteiger partial charge on any atom is -0.423 e. The number of hydrogen-bond donors (Lipinski definition) is 0. The van der Waals surface area contributed by atoms with Crippen LogP contribution in [-0.2, 0) is 0 Å². The summed E-state index contributed by atoms with van der Waals surface area (Å²) in [5.74, 6) is -4.16. The van der Waals surface area contributed by atoms with Crippen LogP contribution in [0.2, 0.25) is 0 Å². The summed E-state index contributed by atoms with van der Waals surface area (Å²) in [4.78, 5) is 103. The number of nitrogens with zero attached hydrogens (tertiary/aromatic N) is 2. The zero-order valence-electron chi connectivity index (χ0n) is 29.6. The Bertz CT molecular complexity index is 2320.